The first-order valence-corrected chi connectivity index (χ1v) is 16.2. The number of hydrogen-bond donors (Lipinski definition) is 0. The van der Waals surface area contributed by atoms with Gasteiger partial charge in [0.25, 0.3) is 0 Å². The predicted octanol–water partition coefficient (Wildman–Crippen LogP) is 7.07. The smallest absolute Gasteiger partial charge is 0.459 e. The van der Waals surface area contributed by atoms with Crippen molar-refractivity contribution in [3.05, 3.63) is 132 Å². The van der Waals surface area contributed by atoms with Crippen molar-refractivity contribution in [1.29, 1.82) is 0 Å². The van der Waals surface area contributed by atoms with Crippen LogP contribution in [0.15, 0.2) is 109 Å². The number of halogens is 1. The summed E-state index contributed by atoms with van der Waals surface area (Å²) in [4.78, 5) is 44.3. The van der Waals surface area contributed by atoms with E-state index in [1.165, 1.54) is 13.2 Å². The van der Waals surface area contributed by atoms with Crippen LogP contribution in [0.1, 0.15) is 22.3 Å². The van der Waals surface area contributed by atoms with Gasteiger partial charge in [-0.3, -0.25) is 28.4 Å². The molecule has 3 aromatic carbocycles. The Balaban J connectivity index is 1.45. The average molecular weight is 682 g/mol. The van der Waals surface area contributed by atoms with E-state index in [0.717, 1.165) is 15.4 Å². The van der Waals surface area contributed by atoms with Gasteiger partial charge in [0.15, 0.2) is 0 Å². The molecule has 0 atom stereocenters. The lowest BCUT2D eigenvalue weighted by molar-refractivity contribution is -0.146. The minimum absolute atomic E-state index is 0.0199. The Bertz CT molecular complexity index is 1600. The molecule has 0 radical (unpaired) electrons. The molecule has 0 spiro atoms. The zero-order chi connectivity index (χ0) is 33.5. The van der Waals surface area contributed by atoms with Crippen LogP contribution in [0.3, 0.4) is 0 Å². The molecule has 12 nitrogen and oxygen atoms in total. The van der Waals surface area contributed by atoms with Crippen molar-refractivity contribution in [3.63, 3.8) is 0 Å². The molecule has 0 saturated heterocycles. The molecule has 4 aromatic rings. The number of carbonyl (C=O) groups excluding carboxylic acids is 3. The lowest BCUT2D eigenvalue weighted by atomic mass is 10.2. The molecule has 246 valence electrons. The molecule has 47 heavy (non-hydrogen) atoms. The third-order valence-corrected chi connectivity index (χ3v) is 8.05. The Kier molecular flexibility index (Phi) is 13.5. The van der Waals surface area contributed by atoms with Crippen LogP contribution in [0.2, 0.25) is 0 Å². The third-order valence-electron chi connectivity index (χ3n) is 6.49. The van der Waals surface area contributed by atoms with E-state index in [9.17, 15) is 18.9 Å². The zero-order valence-electron chi connectivity index (χ0n) is 25.5. The van der Waals surface area contributed by atoms with Gasteiger partial charge < -0.3 is 9.47 Å². The van der Waals surface area contributed by atoms with E-state index in [1.54, 1.807) is 84.9 Å². The van der Waals surface area contributed by atoms with Gasteiger partial charge in [-0.15, -0.1) is 0 Å². The van der Waals surface area contributed by atoms with Crippen LogP contribution in [0.4, 0.5) is 15.4 Å². The van der Waals surface area contributed by atoms with Crippen molar-refractivity contribution < 1.29 is 42.0 Å². The van der Waals surface area contributed by atoms with Crippen molar-refractivity contribution in [1.82, 2.24) is 9.88 Å². The molecule has 0 N–H and O–H groups in total. The highest BCUT2D eigenvalue weighted by Crippen LogP contribution is 2.51. The average Bonchev–Trinajstić information content (AvgIpc) is 3.10. The number of aromatic nitrogens is 1. The summed E-state index contributed by atoms with van der Waals surface area (Å²) in [6.07, 6.45) is 0.427. The molecule has 0 saturated carbocycles. The van der Waals surface area contributed by atoms with E-state index < -0.39 is 38.6 Å². The van der Waals surface area contributed by atoms with E-state index >= 15 is 0 Å². The number of ether oxygens (including phenoxy) is 2. The highest BCUT2D eigenvalue weighted by Gasteiger charge is 2.29. The molecule has 0 aliphatic heterocycles. The lowest BCUT2D eigenvalue weighted by Crippen LogP contribution is -2.37. The fourth-order valence-electron chi connectivity index (χ4n) is 4.07. The van der Waals surface area contributed by atoms with Crippen LogP contribution >= 0.6 is 19.4 Å². The number of carbonyl (C=O) groups is 3. The number of benzene rings is 3. The predicted molar refractivity (Wildman–Crippen MR) is 173 cm³/mol. The fraction of sp³-hybridized carbons (Fsp3) is 0.212. The summed E-state index contributed by atoms with van der Waals surface area (Å²) in [5.41, 5.74) is 2.55. The van der Waals surface area contributed by atoms with Gasteiger partial charge in [-0.1, -0.05) is 97.1 Å². The second-order valence-electron chi connectivity index (χ2n) is 9.92. The number of nitrogens with zero attached hydrogens (tertiary/aromatic N) is 3. The zero-order valence-corrected chi connectivity index (χ0v) is 27.1. The minimum Gasteiger partial charge on any atom is -0.459 e. The highest BCUT2D eigenvalue weighted by molar-refractivity contribution is 7.48. The molecule has 0 aliphatic carbocycles. The first kappa shape index (κ1) is 35.3. The minimum atomic E-state index is -4.26. The Hall–Kier alpha value is -4.58. The molecule has 0 bridgehead atoms. The van der Waals surface area contributed by atoms with Gasteiger partial charge in [0.2, 0.25) is 6.79 Å². The fourth-order valence-corrected chi connectivity index (χ4v) is 5.17. The van der Waals surface area contributed by atoms with Gasteiger partial charge in [0.1, 0.15) is 19.0 Å². The van der Waals surface area contributed by atoms with Crippen LogP contribution in [0.25, 0.3) is 0 Å². The van der Waals surface area contributed by atoms with Gasteiger partial charge in [-0.2, -0.15) is 0 Å². The summed E-state index contributed by atoms with van der Waals surface area (Å²) in [7, 11) is -2.85. The molecule has 2 amide bonds. The SMILES string of the molecule is CN(C(=O)Cl)c1ncccc1CN(CC(=O)OCc1ccccc1)C(=O)OCOP(=O)(OCc1ccccc1)OCc1ccccc1. The maximum atomic E-state index is 13.6. The monoisotopic (exact) mass is 681 g/mol. The van der Waals surface area contributed by atoms with Crippen LogP contribution in [-0.4, -0.2) is 47.7 Å². The molecule has 0 fully saturated rings. The summed E-state index contributed by atoms with van der Waals surface area (Å²) in [5, 5.41) is -0.809. The first-order valence-electron chi connectivity index (χ1n) is 14.3. The Labute approximate surface area is 277 Å². The second kappa shape index (κ2) is 17.9. The van der Waals surface area contributed by atoms with Gasteiger partial charge in [-0.05, 0) is 34.4 Å². The molecule has 0 aliphatic rings. The molecular weight excluding hydrogens is 649 g/mol. The Morgan fingerprint density at radius 3 is 1.79 bits per heavy atom. The largest absolute Gasteiger partial charge is 0.478 e. The number of phosphoric acid groups is 1. The van der Waals surface area contributed by atoms with Crippen LogP contribution in [0.5, 0.6) is 0 Å². The summed E-state index contributed by atoms with van der Waals surface area (Å²) in [6.45, 7) is -1.83. The summed E-state index contributed by atoms with van der Waals surface area (Å²) in [5.74, 6) is -0.575. The van der Waals surface area contributed by atoms with Crippen molar-refractivity contribution in [3.8, 4) is 0 Å². The van der Waals surface area contributed by atoms with Gasteiger partial charge in [-0.25, -0.2) is 18.9 Å². The van der Waals surface area contributed by atoms with Crippen molar-refractivity contribution in [2.24, 2.45) is 0 Å². The molecule has 1 aromatic heterocycles. The summed E-state index contributed by atoms with van der Waals surface area (Å²) < 4.78 is 40.7. The van der Waals surface area contributed by atoms with E-state index in [1.807, 2.05) is 18.2 Å². The van der Waals surface area contributed by atoms with Gasteiger partial charge in [0, 0.05) is 18.8 Å². The van der Waals surface area contributed by atoms with Crippen molar-refractivity contribution >= 4 is 42.7 Å². The summed E-state index contributed by atoms with van der Waals surface area (Å²) in [6, 6.07) is 30.2. The number of phosphoric ester groups is 1. The first-order chi connectivity index (χ1) is 22.7. The van der Waals surface area contributed by atoms with E-state index in [-0.39, 0.29) is 32.2 Å². The number of anilines is 1. The molecule has 1 heterocycles. The highest BCUT2D eigenvalue weighted by atomic mass is 35.5. The maximum absolute atomic E-state index is 13.6. The topological polar surface area (TPSA) is 134 Å². The third kappa shape index (κ3) is 11.6. The quantitative estimate of drug-likeness (QED) is 0.0397. The van der Waals surface area contributed by atoms with Gasteiger partial charge in [0.05, 0.1) is 19.8 Å². The van der Waals surface area contributed by atoms with Crippen LogP contribution in [-0.2, 0) is 58.8 Å². The van der Waals surface area contributed by atoms with Gasteiger partial charge >= 0.3 is 25.3 Å². The van der Waals surface area contributed by atoms with E-state index in [4.69, 9.17) is 34.6 Å². The van der Waals surface area contributed by atoms with Crippen molar-refractivity contribution in [2.75, 3.05) is 25.3 Å². The maximum Gasteiger partial charge on any atom is 0.478 e. The standard InChI is InChI=1S/C33H33ClN3O9P/c1-36(32(34)39)31-29(18-11-19-35-31)20-37(21-30(38)42-22-26-12-5-2-6-13-26)33(40)43-25-46-47(41,44-23-27-14-7-3-8-15-27)45-24-28-16-9-4-10-17-28/h2-19H,20-25H2,1H3. The number of amides is 2. The molecule has 0 unspecified atom stereocenters. The molecular formula is C33H33ClN3O9P. The van der Waals surface area contributed by atoms with E-state index in [2.05, 4.69) is 4.98 Å². The number of pyridine rings is 1. The number of esters is 1. The van der Waals surface area contributed by atoms with Crippen LogP contribution in [0, 0.1) is 0 Å². The van der Waals surface area contributed by atoms with Crippen molar-refractivity contribution in [2.45, 2.75) is 26.4 Å². The normalized spacial score (nSPS) is 11.0. The molecule has 14 heteroatoms. The lowest BCUT2D eigenvalue weighted by Gasteiger charge is -2.24. The Morgan fingerprint density at radius 2 is 1.26 bits per heavy atom. The van der Waals surface area contributed by atoms with Crippen LogP contribution < -0.4 is 4.90 Å². The Morgan fingerprint density at radius 1 is 0.723 bits per heavy atom. The number of rotatable bonds is 16. The summed E-state index contributed by atoms with van der Waals surface area (Å²) >= 11 is 5.66. The second-order valence-corrected chi connectivity index (χ2v) is 11.9. The van der Waals surface area contributed by atoms with E-state index in [0.29, 0.717) is 16.7 Å². The molecule has 4 rings (SSSR count). The number of hydrogen-bond acceptors (Lipinski definition) is 10.